The molecule has 0 amide bonds. The lowest BCUT2D eigenvalue weighted by atomic mass is 10.1. The summed E-state index contributed by atoms with van der Waals surface area (Å²) in [6.07, 6.45) is 13.4. The Morgan fingerprint density at radius 3 is 2.29 bits per heavy atom. The van der Waals surface area contributed by atoms with Gasteiger partial charge in [0.15, 0.2) is 0 Å². The Balaban J connectivity index is 1.65. The number of unbranched alkanes of at least 4 members (excludes halogenated alkanes) is 5. The third-order valence-corrected chi connectivity index (χ3v) is 4.31. The number of nitrogens with zero attached hydrogens (tertiary/aromatic N) is 1. The van der Waals surface area contributed by atoms with Crippen molar-refractivity contribution in [3.8, 4) is 0 Å². The van der Waals surface area contributed by atoms with E-state index in [9.17, 15) is 0 Å². The van der Waals surface area contributed by atoms with E-state index in [-0.39, 0.29) is 0 Å². The van der Waals surface area contributed by atoms with Crippen molar-refractivity contribution < 1.29 is 4.74 Å². The molecule has 0 spiro atoms. The van der Waals surface area contributed by atoms with Crippen LogP contribution in [0.3, 0.4) is 0 Å². The van der Waals surface area contributed by atoms with Crippen LogP contribution in [0, 0.1) is 0 Å². The molecule has 0 unspecified atom stereocenters. The third kappa shape index (κ3) is 12.1. The smallest absolute Gasteiger partial charge is 0.0478 e. The Morgan fingerprint density at radius 2 is 1.48 bits per heavy atom. The summed E-state index contributed by atoms with van der Waals surface area (Å²) in [6, 6.07) is 0. The SMILES string of the molecule is CCCCCCCCOCCCNCCCN1CCCC1. The van der Waals surface area contributed by atoms with Crippen molar-refractivity contribution in [2.75, 3.05) is 45.9 Å². The van der Waals surface area contributed by atoms with Crippen molar-refractivity contribution in [3.63, 3.8) is 0 Å². The van der Waals surface area contributed by atoms with Gasteiger partial charge in [0, 0.05) is 13.2 Å². The normalized spacial score (nSPS) is 15.9. The largest absolute Gasteiger partial charge is 0.381 e. The van der Waals surface area contributed by atoms with E-state index in [0.29, 0.717) is 0 Å². The molecule has 1 heterocycles. The fourth-order valence-electron chi connectivity index (χ4n) is 2.94. The van der Waals surface area contributed by atoms with Gasteiger partial charge in [0.2, 0.25) is 0 Å². The Hall–Kier alpha value is -0.120. The summed E-state index contributed by atoms with van der Waals surface area (Å²) < 4.78 is 5.68. The Morgan fingerprint density at radius 1 is 0.810 bits per heavy atom. The fraction of sp³-hybridized carbons (Fsp3) is 1.00. The van der Waals surface area contributed by atoms with Gasteiger partial charge in [-0.25, -0.2) is 0 Å². The second-order valence-electron chi connectivity index (χ2n) is 6.39. The molecule has 0 saturated carbocycles. The summed E-state index contributed by atoms with van der Waals surface area (Å²) >= 11 is 0. The van der Waals surface area contributed by atoms with Crippen LogP contribution in [0.1, 0.15) is 71.1 Å². The van der Waals surface area contributed by atoms with Crippen LogP contribution in [0.2, 0.25) is 0 Å². The van der Waals surface area contributed by atoms with Crippen molar-refractivity contribution >= 4 is 0 Å². The lowest BCUT2D eigenvalue weighted by Crippen LogP contribution is -2.25. The summed E-state index contributed by atoms with van der Waals surface area (Å²) in [6.45, 7) is 10.4. The molecule has 3 nitrogen and oxygen atoms in total. The van der Waals surface area contributed by atoms with E-state index in [4.69, 9.17) is 4.74 Å². The highest BCUT2D eigenvalue weighted by molar-refractivity contribution is 4.66. The van der Waals surface area contributed by atoms with E-state index >= 15 is 0 Å². The number of hydrogen-bond acceptors (Lipinski definition) is 3. The first kappa shape index (κ1) is 18.9. The summed E-state index contributed by atoms with van der Waals surface area (Å²) in [5.74, 6) is 0. The zero-order valence-corrected chi connectivity index (χ0v) is 14.4. The van der Waals surface area contributed by atoms with Crippen LogP contribution in [0.25, 0.3) is 0 Å². The molecule has 0 bridgehead atoms. The predicted octanol–water partition coefficient (Wildman–Crippen LogP) is 3.83. The second kappa shape index (κ2) is 14.8. The van der Waals surface area contributed by atoms with E-state index in [0.717, 1.165) is 32.7 Å². The van der Waals surface area contributed by atoms with Gasteiger partial charge in [0.25, 0.3) is 0 Å². The Bertz CT molecular complexity index is 205. The highest BCUT2D eigenvalue weighted by Crippen LogP contribution is 2.07. The standard InChI is InChI=1S/C18H38N2O/c1-2-3-4-5-6-9-17-21-18-11-13-19-12-10-16-20-14-7-8-15-20/h19H,2-18H2,1H3. The molecule has 0 aliphatic carbocycles. The lowest BCUT2D eigenvalue weighted by molar-refractivity contribution is 0.127. The molecule has 0 aromatic heterocycles. The molecule has 1 aliphatic heterocycles. The lowest BCUT2D eigenvalue weighted by Gasteiger charge is -2.14. The summed E-state index contributed by atoms with van der Waals surface area (Å²) in [5.41, 5.74) is 0. The summed E-state index contributed by atoms with van der Waals surface area (Å²) in [4.78, 5) is 2.59. The quantitative estimate of drug-likeness (QED) is 0.465. The van der Waals surface area contributed by atoms with Gasteiger partial charge in [-0.05, 0) is 64.8 Å². The molecule has 1 fully saturated rings. The molecule has 1 aliphatic rings. The van der Waals surface area contributed by atoms with Crippen molar-refractivity contribution in [3.05, 3.63) is 0 Å². The first-order valence-corrected chi connectivity index (χ1v) is 9.44. The average molecular weight is 299 g/mol. The van der Waals surface area contributed by atoms with Crippen LogP contribution >= 0.6 is 0 Å². The van der Waals surface area contributed by atoms with Crippen LogP contribution in [-0.4, -0.2) is 50.8 Å². The average Bonchev–Trinajstić information content (AvgIpc) is 3.01. The third-order valence-electron chi connectivity index (χ3n) is 4.31. The molecule has 21 heavy (non-hydrogen) atoms. The molecule has 0 aromatic rings. The molecule has 0 aromatic carbocycles. The van der Waals surface area contributed by atoms with Crippen LogP contribution in [0.15, 0.2) is 0 Å². The minimum absolute atomic E-state index is 0.925. The maximum absolute atomic E-state index is 5.68. The second-order valence-corrected chi connectivity index (χ2v) is 6.39. The minimum Gasteiger partial charge on any atom is -0.381 e. The Kier molecular flexibility index (Phi) is 13.3. The van der Waals surface area contributed by atoms with E-state index in [2.05, 4.69) is 17.1 Å². The first-order chi connectivity index (χ1) is 10.4. The number of nitrogens with one attached hydrogen (secondary N) is 1. The molecule has 3 heteroatoms. The minimum atomic E-state index is 0.925. The molecule has 1 rings (SSSR count). The number of likely N-dealkylation sites (tertiary alicyclic amines) is 1. The number of ether oxygens (including phenoxy) is 1. The van der Waals surface area contributed by atoms with E-state index in [1.807, 2.05) is 0 Å². The van der Waals surface area contributed by atoms with Gasteiger partial charge in [-0.3, -0.25) is 0 Å². The van der Waals surface area contributed by atoms with Gasteiger partial charge in [0.1, 0.15) is 0 Å². The molecule has 1 N–H and O–H groups in total. The zero-order chi connectivity index (χ0) is 15.0. The van der Waals surface area contributed by atoms with Crippen molar-refractivity contribution in [2.24, 2.45) is 0 Å². The molecule has 0 atom stereocenters. The number of rotatable bonds is 15. The highest BCUT2D eigenvalue weighted by Gasteiger charge is 2.09. The van der Waals surface area contributed by atoms with Crippen molar-refractivity contribution in [2.45, 2.75) is 71.1 Å². The molecule has 126 valence electrons. The van der Waals surface area contributed by atoms with Crippen LogP contribution in [-0.2, 0) is 4.74 Å². The Labute approximate surface area is 132 Å². The predicted molar refractivity (Wildman–Crippen MR) is 92.0 cm³/mol. The van der Waals surface area contributed by atoms with E-state index < -0.39 is 0 Å². The number of hydrogen-bond donors (Lipinski definition) is 1. The van der Waals surface area contributed by atoms with Crippen LogP contribution < -0.4 is 5.32 Å². The maximum Gasteiger partial charge on any atom is 0.0478 e. The van der Waals surface area contributed by atoms with E-state index in [1.54, 1.807) is 0 Å². The zero-order valence-electron chi connectivity index (χ0n) is 14.4. The van der Waals surface area contributed by atoms with Crippen molar-refractivity contribution in [1.82, 2.24) is 10.2 Å². The molecule has 0 radical (unpaired) electrons. The maximum atomic E-state index is 5.68. The first-order valence-electron chi connectivity index (χ1n) is 9.44. The van der Waals surface area contributed by atoms with Gasteiger partial charge in [0.05, 0.1) is 0 Å². The summed E-state index contributed by atoms with van der Waals surface area (Å²) in [5, 5.41) is 3.53. The monoisotopic (exact) mass is 298 g/mol. The molecule has 1 saturated heterocycles. The van der Waals surface area contributed by atoms with E-state index in [1.165, 1.54) is 77.4 Å². The van der Waals surface area contributed by atoms with Crippen molar-refractivity contribution in [1.29, 1.82) is 0 Å². The van der Waals surface area contributed by atoms with Gasteiger partial charge in [-0.1, -0.05) is 39.0 Å². The molecular formula is C18H38N2O. The fourth-order valence-corrected chi connectivity index (χ4v) is 2.94. The molecular weight excluding hydrogens is 260 g/mol. The van der Waals surface area contributed by atoms with Crippen LogP contribution in [0.5, 0.6) is 0 Å². The van der Waals surface area contributed by atoms with Gasteiger partial charge in [-0.2, -0.15) is 0 Å². The van der Waals surface area contributed by atoms with Gasteiger partial charge in [-0.15, -0.1) is 0 Å². The highest BCUT2D eigenvalue weighted by atomic mass is 16.5. The van der Waals surface area contributed by atoms with Crippen LogP contribution in [0.4, 0.5) is 0 Å². The topological polar surface area (TPSA) is 24.5 Å². The summed E-state index contributed by atoms with van der Waals surface area (Å²) in [7, 11) is 0. The van der Waals surface area contributed by atoms with Gasteiger partial charge < -0.3 is 15.0 Å². The van der Waals surface area contributed by atoms with Gasteiger partial charge >= 0.3 is 0 Å².